The molecule has 1 atom stereocenters. The maximum atomic E-state index is 4.13. The number of hydrogen-bond donors (Lipinski definition) is 1. The molecule has 0 saturated carbocycles. The summed E-state index contributed by atoms with van der Waals surface area (Å²) in [4.78, 5) is 3.96. The van der Waals surface area contributed by atoms with Crippen molar-refractivity contribution < 1.29 is 0 Å². The van der Waals surface area contributed by atoms with Gasteiger partial charge in [-0.2, -0.15) is 9.78 Å². The molecular weight excluding hydrogens is 316 g/mol. The number of nitrogens with zero attached hydrogens (tertiary/aromatic N) is 7. The summed E-state index contributed by atoms with van der Waals surface area (Å²) in [6.07, 6.45) is 3.19. The van der Waals surface area contributed by atoms with Gasteiger partial charge in [0.05, 0.1) is 17.4 Å². The molecule has 25 heavy (non-hydrogen) atoms. The number of hydrogen-bond acceptors (Lipinski definition) is 6. The van der Waals surface area contributed by atoms with Gasteiger partial charge in [0.1, 0.15) is 12.7 Å². The predicted octanol–water partition coefficient (Wildman–Crippen LogP) is 2.42. The van der Waals surface area contributed by atoms with E-state index in [0.717, 1.165) is 16.9 Å². The molecule has 4 rings (SSSR count). The standard InChI is InChI=1S/C17H16N8/c1-13(14-7-9-15(10-8-14)24-12-18-11-19-24)20-17-21-22-23-25(17)16-5-3-2-4-6-16/h2-13H,1H3,(H,20,21,23)/t13-/m0/s1. The summed E-state index contributed by atoms with van der Waals surface area (Å²) >= 11 is 0. The van der Waals surface area contributed by atoms with Gasteiger partial charge in [-0.25, -0.2) is 9.67 Å². The first-order valence-corrected chi connectivity index (χ1v) is 7.86. The van der Waals surface area contributed by atoms with E-state index in [4.69, 9.17) is 0 Å². The lowest BCUT2D eigenvalue weighted by molar-refractivity contribution is 0.780. The lowest BCUT2D eigenvalue weighted by atomic mass is 10.1. The molecule has 8 heteroatoms. The molecule has 0 aliphatic rings. The smallest absolute Gasteiger partial charge is 0.248 e. The molecule has 4 aromatic rings. The molecule has 0 spiro atoms. The summed E-state index contributed by atoms with van der Waals surface area (Å²) in [7, 11) is 0. The molecule has 2 heterocycles. The van der Waals surface area contributed by atoms with E-state index in [1.54, 1.807) is 15.7 Å². The number of tetrazole rings is 1. The average Bonchev–Trinajstić information content (AvgIpc) is 3.35. The second-order valence-corrected chi connectivity index (χ2v) is 5.55. The van der Waals surface area contributed by atoms with Gasteiger partial charge in [-0.05, 0) is 47.2 Å². The van der Waals surface area contributed by atoms with Gasteiger partial charge in [-0.3, -0.25) is 0 Å². The quantitative estimate of drug-likeness (QED) is 0.604. The molecule has 0 amide bonds. The third kappa shape index (κ3) is 3.09. The van der Waals surface area contributed by atoms with Crippen molar-refractivity contribution in [1.29, 1.82) is 0 Å². The van der Waals surface area contributed by atoms with Crippen LogP contribution in [0.1, 0.15) is 18.5 Å². The summed E-state index contributed by atoms with van der Waals surface area (Å²) in [5.41, 5.74) is 2.98. The van der Waals surface area contributed by atoms with Crippen LogP contribution in [0.5, 0.6) is 0 Å². The van der Waals surface area contributed by atoms with Gasteiger partial charge in [0.25, 0.3) is 0 Å². The fourth-order valence-corrected chi connectivity index (χ4v) is 2.55. The van der Waals surface area contributed by atoms with Crippen molar-refractivity contribution in [1.82, 2.24) is 35.0 Å². The third-order valence-electron chi connectivity index (χ3n) is 3.89. The zero-order valence-electron chi connectivity index (χ0n) is 13.6. The van der Waals surface area contributed by atoms with E-state index in [1.807, 2.05) is 54.6 Å². The van der Waals surface area contributed by atoms with Crippen molar-refractivity contribution in [2.24, 2.45) is 0 Å². The van der Waals surface area contributed by atoms with Crippen LogP contribution in [0.2, 0.25) is 0 Å². The van der Waals surface area contributed by atoms with Gasteiger partial charge < -0.3 is 5.32 Å². The van der Waals surface area contributed by atoms with E-state index >= 15 is 0 Å². The zero-order valence-corrected chi connectivity index (χ0v) is 13.6. The van der Waals surface area contributed by atoms with Crippen LogP contribution in [0, 0.1) is 0 Å². The van der Waals surface area contributed by atoms with E-state index in [1.165, 1.54) is 6.33 Å². The fraction of sp³-hybridized carbons (Fsp3) is 0.118. The van der Waals surface area contributed by atoms with Crippen LogP contribution < -0.4 is 5.32 Å². The van der Waals surface area contributed by atoms with Crippen LogP contribution in [-0.2, 0) is 0 Å². The highest BCUT2D eigenvalue weighted by atomic mass is 15.6. The van der Waals surface area contributed by atoms with Crippen molar-refractivity contribution in [2.45, 2.75) is 13.0 Å². The maximum Gasteiger partial charge on any atom is 0.248 e. The molecule has 1 N–H and O–H groups in total. The lowest BCUT2D eigenvalue weighted by Crippen LogP contribution is -2.12. The Morgan fingerprint density at radius 2 is 1.76 bits per heavy atom. The van der Waals surface area contributed by atoms with Crippen molar-refractivity contribution in [2.75, 3.05) is 5.32 Å². The number of para-hydroxylation sites is 1. The van der Waals surface area contributed by atoms with E-state index in [2.05, 4.69) is 37.8 Å². The molecule has 8 nitrogen and oxygen atoms in total. The minimum absolute atomic E-state index is 0.0401. The Balaban J connectivity index is 1.53. The molecule has 0 aliphatic heterocycles. The molecule has 0 bridgehead atoms. The van der Waals surface area contributed by atoms with Gasteiger partial charge in [0.15, 0.2) is 0 Å². The van der Waals surface area contributed by atoms with E-state index in [9.17, 15) is 0 Å². The second kappa shape index (κ2) is 6.52. The highest BCUT2D eigenvalue weighted by Crippen LogP contribution is 2.20. The van der Waals surface area contributed by atoms with Gasteiger partial charge in [0.2, 0.25) is 5.95 Å². The Bertz CT molecular complexity index is 928. The summed E-state index contributed by atoms with van der Waals surface area (Å²) in [5, 5.41) is 19.4. The minimum atomic E-state index is 0.0401. The first-order chi connectivity index (χ1) is 12.3. The van der Waals surface area contributed by atoms with E-state index in [0.29, 0.717) is 5.95 Å². The van der Waals surface area contributed by atoms with Crippen LogP contribution in [0.15, 0.2) is 67.3 Å². The maximum absolute atomic E-state index is 4.13. The largest absolute Gasteiger partial charge is 0.346 e. The Kier molecular flexibility index (Phi) is 3.91. The Labute approximate surface area is 144 Å². The molecular formula is C17H16N8. The summed E-state index contributed by atoms with van der Waals surface area (Å²) in [6.45, 7) is 2.06. The number of anilines is 1. The van der Waals surface area contributed by atoms with Crippen molar-refractivity contribution in [3.8, 4) is 11.4 Å². The monoisotopic (exact) mass is 332 g/mol. The fourth-order valence-electron chi connectivity index (χ4n) is 2.55. The molecule has 0 aliphatic carbocycles. The molecule has 2 aromatic heterocycles. The predicted molar refractivity (Wildman–Crippen MR) is 92.6 cm³/mol. The highest BCUT2D eigenvalue weighted by molar-refractivity contribution is 5.41. The molecule has 0 radical (unpaired) electrons. The van der Waals surface area contributed by atoms with Crippen molar-refractivity contribution >= 4 is 5.95 Å². The average molecular weight is 332 g/mol. The van der Waals surface area contributed by atoms with E-state index < -0.39 is 0 Å². The molecule has 0 saturated heterocycles. The van der Waals surface area contributed by atoms with Gasteiger partial charge in [-0.1, -0.05) is 35.4 Å². The molecule has 124 valence electrons. The second-order valence-electron chi connectivity index (χ2n) is 5.55. The Morgan fingerprint density at radius 1 is 0.960 bits per heavy atom. The van der Waals surface area contributed by atoms with Crippen LogP contribution in [0.3, 0.4) is 0 Å². The van der Waals surface area contributed by atoms with Crippen LogP contribution >= 0.6 is 0 Å². The number of rotatable bonds is 5. The SMILES string of the molecule is C[C@H](Nc1nnnn1-c1ccccc1)c1ccc(-n2cncn2)cc1. The van der Waals surface area contributed by atoms with Gasteiger partial charge in [-0.15, -0.1) is 0 Å². The van der Waals surface area contributed by atoms with Gasteiger partial charge in [0, 0.05) is 0 Å². The lowest BCUT2D eigenvalue weighted by Gasteiger charge is -2.15. The summed E-state index contributed by atoms with van der Waals surface area (Å²) in [6, 6.07) is 17.9. The number of nitrogens with one attached hydrogen (secondary N) is 1. The first-order valence-electron chi connectivity index (χ1n) is 7.86. The normalized spacial score (nSPS) is 12.0. The topological polar surface area (TPSA) is 86.3 Å². The van der Waals surface area contributed by atoms with Crippen molar-refractivity contribution in [3.63, 3.8) is 0 Å². The third-order valence-corrected chi connectivity index (χ3v) is 3.89. The van der Waals surface area contributed by atoms with E-state index in [-0.39, 0.29) is 6.04 Å². The van der Waals surface area contributed by atoms with Crippen molar-refractivity contribution in [3.05, 3.63) is 72.8 Å². The number of benzene rings is 2. The molecule has 0 unspecified atom stereocenters. The zero-order chi connectivity index (χ0) is 17.1. The van der Waals surface area contributed by atoms with Gasteiger partial charge >= 0.3 is 0 Å². The van der Waals surface area contributed by atoms with Crippen LogP contribution in [0.25, 0.3) is 11.4 Å². The summed E-state index contributed by atoms with van der Waals surface area (Å²) < 4.78 is 3.40. The Hall–Kier alpha value is -3.55. The molecule has 2 aromatic carbocycles. The van der Waals surface area contributed by atoms with Crippen LogP contribution in [0.4, 0.5) is 5.95 Å². The van der Waals surface area contributed by atoms with Crippen LogP contribution in [-0.4, -0.2) is 35.0 Å². The summed E-state index contributed by atoms with van der Waals surface area (Å²) in [5.74, 6) is 0.596. The highest BCUT2D eigenvalue weighted by Gasteiger charge is 2.12. The molecule has 0 fully saturated rings. The minimum Gasteiger partial charge on any atom is -0.346 e. The first kappa shape index (κ1) is 15.0. The Morgan fingerprint density at radius 3 is 2.48 bits per heavy atom. The number of aromatic nitrogens is 7.